The molecule has 0 bridgehead atoms. The molecule has 1 atom stereocenters. The molecule has 0 saturated carbocycles. The van der Waals surface area contributed by atoms with Crippen molar-refractivity contribution in [3.05, 3.63) is 28.0 Å². The van der Waals surface area contributed by atoms with Gasteiger partial charge in [-0.25, -0.2) is 9.18 Å². The number of phenols is 1. The first kappa shape index (κ1) is 11.9. The lowest BCUT2D eigenvalue weighted by atomic mass is 10.1. The normalized spacial score (nSPS) is 12.3. The van der Waals surface area contributed by atoms with Crippen LogP contribution in [0.3, 0.4) is 0 Å². The summed E-state index contributed by atoms with van der Waals surface area (Å²) in [7, 11) is 1.08. The molecule has 2 N–H and O–H groups in total. The SMILES string of the molecule is COC(=O)C(O)c1c(Br)ccc(F)c1O. The van der Waals surface area contributed by atoms with Crippen molar-refractivity contribution in [1.82, 2.24) is 0 Å². The highest BCUT2D eigenvalue weighted by molar-refractivity contribution is 9.10. The van der Waals surface area contributed by atoms with E-state index in [1.54, 1.807) is 0 Å². The van der Waals surface area contributed by atoms with Gasteiger partial charge in [0.1, 0.15) is 0 Å². The van der Waals surface area contributed by atoms with Gasteiger partial charge in [0.2, 0.25) is 0 Å². The fraction of sp³-hybridized carbons (Fsp3) is 0.222. The minimum Gasteiger partial charge on any atom is -0.505 e. The molecule has 0 radical (unpaired) electrons. The third kappa shape index (κ3) is 2.27. The summed E-state index contributed by atoms with van der Waals surface area (Å²) in [6, 6.07) is 2.28. The van der Waals surface area contributed by atoms with E-state index in [2.05, 4.69) is 20.7 Å². The Hall–Kier alpha value is -1.14. The van der Waals surface area contributed by atoms with E-state index in [1.807, 2.05) is 0 Å². The second kappa shape index (κ2) is 4.59. The van der Waals surface area contributed by atoms with Crippen molar-refractivity contribution >= 4 is 21.9 Å². The van der Waals surface area contributed by atoms with Gasteiger partial charge in [-0.15, -0.1) is 0 Å². The lowest BCUT2D eigenvalue weighted by Gasteiger charge is -2.12. The molecule has 1 aromatic carbocycles. The number of carbonyl (C=O) groups excluding carboxylic acids is 1. The van der Waals surface area contributed by atoms with E-state index in [9.17, 15) is 19.4 Å². The molecule has 0 amide bonds. The van der Waals surface area contributed by atoms with E-state index in [0.29, 0.717) is 0 Å². The summed E-state index contributed by atoms with van der Waals surface area (Å²) in [5.74, 6) is -2.67. The lowest BCUT2D eigenvalue weighted by molar-refractivity contribution is -0.150. The van der Waals surface area contributed by atoms with Gasteiger partial charge < -0.3 is 14.9 Å². The monoisotopic (exact) mass is 278 g/mol. The van der Waals surface area contributed by atoms with Crippen LogP contribution in [-0.2, 0) is 9.53 Å². The zero-order valence-electron chi connectivity index (χ0n) is 7.70. The number of aromatic hydroxyl groups is 1. The van der Waals surface area contributed by atoms with Gasteiger partial charge in [-0.05, 0) is 12.1 Å². The van der Waals surface area contributed by atoms with Gasteiger partial charge in [-0.3, -0.25) is 0 Å². The summed E-state index contributed by atoms with van der Waals surface area (Å²) in [4.78, 5) is 11.0. The number of benzene rings is 1. The smallest absolute Gasteiger partial charge is 0.339 e. The molecule has 82 valence electrons. The van der Waals surface area contributed by atoms with Crippen molar-refractivity contribution in [3.63, 3.8) is 0 Å². The number of aliphatic hydroxyl groups excluding tert-OH is 1. The van der Waals surface area contributed by atoms with Crippen molar-refractivity contribution in [2.75, 3.05) is 7.11 Å². The maximum atomic E-state index is 13.0. The van der Waals surface area contributed by atoms with Crippen molar-refractivity contribution in [1.29, 1.82) is 0 Å². The average Bonchev–Trinajstić information content (AvgIpc) is 2.22. The van der Waals surface area contributed by atoms with Crippen molar-refractivity contribution in [2.24, 2.45) is 0 Å². The summed E-state index contributed by atoms with van der Waals surface area (Å²) in [6.07, 6.45) is -1.72. The van der Waals surface area contributed by atoms with Crippen LogP contribution in [0.2, 0.25) is 0 Å². The van der Waals surface area contributed by atoms with E-state index >= 15 is 0 Å². The van der Waals surface area contributed by atoms with Gasteiger partial charge in [0.15, 0.2) is 17.7 Å². The van der Waals surface area contributed by atoms with Crippen LogP contribution in [0.15, 0.2) is 16.6 Å². The molecule has 0 saturated heterocycles. The largest absolute Gasteiger partial charge is 0.505 e. The van der Waals surface area contributed by atoms with Gasteiger partial charge in [0.05, 0.1) is 12.7 Å². The zero-order chi connectivity index (χ0) is 11.6. The Bertz CT molecular complexity index is 394. The second-order valence-corrected chi connectivity index (χ2v) is 3.57. The Morgan fingerprint density at radius 1 is 1.60 bits per heavy atom. The second-order valence-electron chi connectivity index (χ2n) is 2.72. The highest BCUT2D eigenvalue weighted by atomic mass is 79.9. The summed E-state index contributed by atoms with van der Waals surface area (Å²) in [6.45, 7) is 0. The van der Waals surface area contributed by atoms with E-state index < -0.39 is 23.6 Å². The van der Waals surface area contributed by atoms with Crippen LogP contribution in [0.4, 0.5) is 4.39 Å². The molecule has 0 fully saturated rings. The number of ether oxygens (including phenoxy) is 1. The van der Waals surface area contributed by atoms with Gasteiger partial charge in [-0.1, -0.05) is 15.9 Å². The number of halogens is 2. The van der Waals surface area contributed by atoms with Gasteiger partial charge in [0.25, 0.3) is 0 Å². The predicted octanol–water partition coefficient (Wildman–Crippen LogP) is 1.50. The quantitative estimate of drug-likeness (QED) is 0.805. The Labute approximate surface area is 93.4 Å². The van der Waals surface area contributed by atoms with Crippen molar-refractivity contribution in [3.8, 4) is 5.75 Å². The van der Waals surface area contributed by atoms with E-state index in [4.69, 9.17) is 0 Å². The topological polar surface area (TPSA) is 66.8 Å². The van der Waals surface area contributed by atoms with Crippen LogP contribution in [0.1, 0.15) is 11.7 Å². The predicted molar refractivity (Wildman–Crippen MR) is 52.7 cm³/mol. The molecule has 0 aromatic heterocycles. The number of rotatable bonds is 2. The van der Waals surface area contributed by atoms with Crippen molar-refractivity contribution < 1.29 is 24.1 Å². The average molecular weight is 279 g/mol. The Morgan fingerprint density at radius 3 is 2.73 bits per heavy atom. The number of hydrogen-bond donors (Lipinski definition) is 2. The lowest BCUT2D eigenvalue weighted by Crippen LogP contribution is -2.14. The van der Waals surface area contributed by atoms with Crippen LogP contribution in [0.5, 0.6) is 5.75 Å². The first-order chi connectivity index (χ1) is 6.99. The highest BCUT2D eigenvalue weighted by Crippen LogP contribution is 2.34. The molecule has 1 aromatic rings. The first-order valence-corrected chi connectivity index (χ1v) is 4.71. The highest BCUT2D eigenvalue weighted by Gasteiger charge is 2.25. The molecule has 4 nitrogen and oxygen atoms in total. The van der Waals surface area contributed by atoms with Gasteiger partial charge >= 0.3 is 5.97 Å². The summed E-state index contributed by atoms with van der Waals surface area (Å²) in [5, 5.41) is 18.8. The molecular formula is C9H8BrFO4. The van der Waals surface area contributed by atoms with Crippen LogP contribution in [0.25, 0.3) is 0 Å². The molecule has 0 aliphatic rings. The van der Waals surface area contributed by atoms with Gasteiger partial charge in [-0.2, -0.15) is 0 Å². The molecule has 6 heteroatoms. The fourth-order valence-electron chi connectivity index (χ4n) is 1.05. The van der Waals surface area contributed by atoms with E-state index in [1.165, 1.54) is 6.07 Å². The minimum absolute atomic E-state index is 0.222. The standard InChI is InChI=1S/C9H8BrFO4/c1-15-9(14)8(13)6-4(10)2-3-5(11)7(6)12/h2-3,8,12-13H,1H3. The summed E-state index contributed by atoms with van der Waals surface area (Å²) >= 11 is 2.98. The fourth-order valence-corrected chi connectivity index (χ4v) is 1.58. The third-order valence-corrected chi connectivity index (χ3v) is 2.50. The minimum atomic E-state index is -1.72. The molecule has 15 heavy (non-hydrogen) atoms. The third-order valence-electron chi connectivity index (χ3n) is 1.81. The summed E-state index contributed by atoms with van der Waals surface area (Å²) < 4.78 is 17.4. The zero-order valence-corrected chi connectivity index (χ0v) is 9.28. The number of phenolic OH excluding ortho intramolecular Hbond substituents is 1. The summed E-state index contributed by atoms with van der Waals surface area (Å²) in [5.41, 5.74) is -0.248. The molecule has 1 unspecified atom stereocenters. The molecule has 1 rings (SSSR count). The number of aliphatic hydroxyl groups is 1. The van der Waals surface area contributed by atoms with Crippen molar-refractivity contribution in [2.45, 2.75) is 6.10 Å². The molecule has 0 spiro atoms. The molecule has 0 heterocycles. The van der Waals surface area contributed by atoms with E-state index in [0.717, 1.165) is 13.2 Å². The Balaban J connectivity index is 3.24. The van der Waals surface area contributed by atoms with Crippen LogP contribution >= 0.6 is 15.9 Å². The maximum absolute atomic E-state index is 13.0. The van der Waals surface area contributed by atoms with E-state index in [-0.39, 0.29) is 10.0 Å². The van der Waals surface area contributed by atoms with Crippen LogP contribution < -0.4 is 0 Å². The van der Waals surface area contributed by atoms with Crippen LogP contribution in [0, 0.1) is 5.82 Å². The molecule has 0 aliphatic carbocycles. The number of methoxy groups -OCH3 is 1. The Kier molecular flexibility index (Phi) is 3.65. The molecule has 0 aliphatic heterocycles. The molecular weight excluding hydrogens is 271 g/mol. The van der Waals surface area contributed by atoms with Gasteiger partial charge in [0, 0.05) is 4.47 Å². The van der Waals surface area contributed by atoms with Crippen LogP contribution in [-0.4, -0.2) is 23.3 Å². The first-order valence-electron chi connectivity index (χ1n) is 3.91. The number of carbonyl (C=O) groups is 1. The maximum Gasteiger partial charge on any atom is 0.339 e. The Morgan fingerprint density at radius 2 is 2.20 bits per heavy atom. The number of hydrogen-bond acceptors (Lipinski definition) is 4. The number of esters is 1.